The van der Waals surface area contributed by atoms with Crippen molar-refractivity contribution in [3.05, 3.63) is 35.4 Å². The van der Waals surface area contributed by atoms with Crippen molar-refractivity contribution in [2.75, 3.05) is 26.4 Å². The van der Waals surface area contributed by atoms with Crippen molar-refractivity contribution in [2.24, 2.45) is 0 Å². The Labute approximate surface area is 126 Å². The van der Waals surface area contributed by atoms with E-state index in [1.807, 2.05) is 6.07 Å². The summed E-state index contributed by atoms with van der Waals surface area (Å²) in [6.07, 6.45) is 3.70. The van der Waals surface area contributed by atoms with Gasteiger partial charge < -0.3 is 14.8 Å². The van der Waals surface area contributed by atoms with Gasteiger partial charge in [0, 0.05) is 19.6 Å². The molecule has 1 aliphatic rings. The van der Waals surface area contributed by atoms with Crippen molar-refractivity contribution in [3.63, 3.8) is 0 Å². The maximum atomic E-state index is 11.7. The van der Waals surface area contributed by atoms with E-state index in [0.29, 0.717) is 26.2 Å². The van der Waals surface area contributed by atoms with Gasteiger partial charge in [0.1, 0.15) is 0 Å². The number of amides is 1. The molecule has 1 fully saturated rings. The fourth-order valence-corrected chi connectivity index (χ4v) is 2.46. The summed E-state index contributed by atoms with van der Waals surface area (Å²) in [6.45, 7) is 4.67. The van der Waals surface area contributed by atoms with E-state index in [1.165, 1.54) is 11.1 Å². The molecule has 0 aromatic heterocycles. The third-order valence-corrected chi connectivity index (χ3v) is 3.62. The van der Waals surface area contributed by atoms with Gasteiger partial charge >= 0.3 is 0 Å². The number of carbonyl (C=O) groups excluding carboxylic acids is 1. The summed E-state index contributed by atoms with van der Waals surface area (Å²) in [6, 6.07) is 8.36. The fourth-order valence-electron chi connectivity index (χ4n) is 2.46. The van der Waals surface area contributed by atoms with Crippen LogP contribution in [0.15, 0.2) is 24.3 Å². The summed E-state index contributed by atoms with van der Waals surface area (Å²) < 4.78 is 10.9. The Morgan fingerprint density at radius 3 is 3.14 bits per heavy atom. The molecule has 4 heteroatoms. The number of ether oxygens (including phenoxy) is 2. The van der Waals surface area contributed by atoms with E-state index < -0.39 is 0 Å². The number of hydrogen-bond donors (Lipinski definition) is 1. The summed E-state index contributed by atoms with van der Waals surface area (Å²) in [5.74, 6) is 0.0509. The van der Waals surface area contributed by atoms with Gasteiger partial charge in [-0.2, -0.15) is 0 Å². The lowest BCUT2D eigenvalue weighted by Gasteiger charge is -2.10. The van der Waals surface area contributed by atoms with Gasteiger partial charge in [0.25, 0.3) is 0 Å². The number of aryl methyl sites for hydroxylation is 1. The molecule has 1 aromatic carbocycles. The Hall–Kier alpha value is -1.39. The number of carbonyl (C=O) groups is 1. The highest BCUT2D eigenvalue weighted by molar-refractivity contribution is 5.75. The third kappa shape index (κ3) is 6.27. The van der Waals surface area contributed by atoms with E-state index >= 15 is 0 Å². The zero-order valence-electron chi connectivity index (χ0n) is 12.8. The smallest absolute Gasteiger partial charge is 0.222 e. The second-order valence-electron chi connectivity index (χ2n) is 5.55. The molecule has 1 atom stereocenters. The second kappa shape index (κ2) is 8.80. The van der Waals surface area contributed by atoms with E-state index in [-0.39, 0.29) is 12.0 Å². The molecule has 0 spiro atoms. The Morgan fingerprint density at radius 1 is 1.48 bits per heavy atom. The predicted molar refractivity (Wildman–Crippen MR) is 82.3 cm³/mol. The van der Waals surface area contributed by atoms with E-state index in [2.05, 4.69) is 30.4 Å². The van der Waals surface area contributed by atoms with Crippen molar-refractivity contribution in [1.29, 1.82) is 0 Å². The van der Waals surface area contributed by atoms with Gasteiger partial charge in [-0.25, -0.2) is 0 Å². The largest absolute Gasteiger partial charge is 0.378 e. The van der Waals surface area contributed by atoms with Gasteiger partial charge in [0.2, 0.25) is 5.91 Å². The van der Waals surface area contributed by atoms with Crippen molar-refractivity contribution in [3.8, 4) is 0 Å². The van der Waals surface area contributed by atoms with Gasteiger partial charge in [-0.1, -0.05) is 29.8 Å². The summed E-state index contributed by atoms with van der Waals surface area (Å²) in [7, 11) is 0. The SMILES string of the molecule is Cc1cccc(CCNC(=O)CCOCC2CCCO2)c1. The minimum Gasteiger partial charge on any atom is -0.378 e. The number of hydrogen-bond acceptors (Lipinski definition) is 3. The second-order valence-corrected chi connectivity index (χ2v) is 5.55. The average molecular weight is 291 g/mol. The Bertz CT molecular complexity index is 441. The van der Waals surface area contributed by atoms with Crippen LogP contribution in [0.1, 0.15) is 30.4 Å². The van der Waals surface area contributed by atoms with Gasteiger partial charge in [0.05, 0.1) is 19.3 Å². The van der Waals surface area contributed by atoms with E-state index in [9.17, 15) is 4.79 Å². The molecule has 1 N–H and O–H groups in total. The molecule has 1 heterocycles. The Balaban J connectivity index is 1.51. The molecule has 116 valence electrons. The van der Waals surface area contributed by atoms with E-state index in [0.717, 1.165) is 25.9 Å². The number of nitrogens with one attached hydrogen (secondary N) is 1. The van der Waals surface area contributed by atoms with Gasteiger partial charge in [0.15, 0.2) is 0 Å². The lowest BCUT2D eigenvalue weighted by molar-refractivity contribution is -0.122. The standard InChI is InChI=1S/C17H25NO3/c1-14-4-2-5-15(12-14)7-9-18-17(19)8-11-20-13-16-6-3-10-21-16/h2,4-5,12,16H,3,6-11,13H2,1H3,(H,18,19). The highest BCUT2D eigenvalue weighted by Crippen LogP contribution is 2.11. The first kappa shape index (κ1) is 16.0. The first-order chi connectivity index (χ1) is 10.2. The Kier molecular flexibility index (Phi) is 6.70. The molecule has 0 aliphatic carbocycles. The first-order valence-electron chi connectivity index (χ1n) is 7.75. The van der Waals surface area contributed by atoms with Crippen LogP contribution in [0.4, 0.5) is 0 Å². The number of rotatable bonds is 8. The van der Waals surface area contributed by atoms with Crippen LogP contribution >= 0.6 is 0 Å². The molecule has 4 nitrogen and oxygen atoms in total. The molecular formula is C17H25NO3. The molecular weight excluding hydrogens is 266 g/mol. The van der Waals surface area contributed by atoms with Crippen LogP contribution in [-0.4, -0.2) is 38.4 Å². The van der Waals surface area contributed by atoms with Gasteiger partial charge in [-0.15, -0.1) is 0 Å². The summed E-state index contributed by atoms with van der Waals surface area (Å²) in [5, 5.41) is 2.93. The molecule has 21 heavy (non-hydrogen) atoms. The van der Waals surface area contributed by atoms with Crippen molar-refractivity contribution in [1.82, 2.24) is 5.32 Å². The predicted octanol–water partition coefficient (Wildman–Crippen LogP) is 2.24. The highest BCUT2D eigenvalue weighted by Gasteiger charge is 2.15. The molecule has 0 bridgehead atoms. The fraction of sp³-hybridized carbons (Fsp3) is 0.588. The summed E-state index contributed by atoms with van der Waals surface area (Å²) >= 11 is 0. The lowest BCUT2D eigenvalue weighted by atomic mass is 10.1. The zero-order valence-corrected chi connectivity index (χ0v) is 12.8. The molecule has 0 saturated carbocycles. The maximum Gasteiger partial charge on any atom is 0.222 e. The molecule has 1 unspecified atom stereocenters. The van der Waals surface area contributed by atoms with E-state index in [4.69, 9.17) is 9.47 Å². The van der Waals surface area contributed by atoms with Crippen molar-refractivity contribution < 1.29 is 14.3 Å². The van der Waals surface area contributed by atoms with Gasteiger partial charge in [-0.3, -0.25) is 4.79 Å². The molecule has 1 saturated heterocycles. The zero-order chi connectivity index (χ0) is 14.9. The summed E-state index contributed by atoms with van der Waals surface area (Å²) in [5.41, 5.74) is 2.51. The van der Waals surface area contributed by atoms with E-state index in [1.54, 1.807) is 0 Å². The van der Waals surface area contributed by atoms with Crippen molar-refractivity contribution in [2.45, 2.75) is 38.7 Å². The van der Waals surface area contributed by atoms with Crippen LogP contribution in [-0.2, 0) is 20.7 Å². The molecule has 1 aliphatic heterocycles. The molecule has 1 aromatic rings. The maximum absolute atomic E-state index is 11.7. The number of benzene rings is 1. The minimum atomic E-state index is 0.0509. The van der Waals surface area contributed by atoms with Crippen LogP contribution in [0.25, 0.3) is 0 Å². The first-order valence-corrected chi connectivity index (χ1v) is 7.75. The monoisotopic (exact) mass is 291 g/mol. The highest BCUT2D eigenvalue weighted by atomic mass is 16.5. The Morgan fingerprint density at radius 2 is 2.38 bits per heavy atom. The molecule has 2 rings (SSSR count). The van der Waals surface area contributed by atoms with Crippen LogP contribution < -0.4 is 5.32 Å². The average Bonchev–Trinajstić information content (AvgIpc) is 2.97. The van der Waals surface area contributed by atoms with Crippen LogP contribution in [0.3, 0.4) is 0 Å². The van der Waals surface area contributed by atoms with Crippen LogP contribution in [0.5, 0.6) is 0 Å². The normalized spacial score (nSPS) is 17.9. The quantitative estimate of drug-likeness (QED) is 0.747. The minimum absolute atomic E-state index is 0.0509. The van der Waals surface area contributed by atoms with Crippen LogP contribution in [0.2, 0.25) is 0 Å². The topological polar surface area (TPSA) is 47.6 Å². The third-order valence-electron chi connectivity index (χ3n) is 3.62. The lowest BCUT2D eigenvalue weighted by Crippen LogP contribution is -2.27. The molecule has 1 amide bonds. The van der Waals surface area contributed by atoms with Gasteiger partial charge in [-0.05, 0) is 31.7 Å². The summed E-state index contributed by atoms with van der Waals surface area (Å²) in [4.78, 5) is 11.7. The van der Waals surface area contributed by atoms with Crippen LogP contribution in [0, 0.1) is 6.92 Å². The van der Waals surface area contributed by atoms with Crippen molar-refractivity contribution >= 4 is 5.91 Å². The molecule has 0 radical (unpaired) electrons.